The van der Waals surface area contributed by atoms with Crippen LogP contribution in [0, 0.1) is 6.92 Å². The number of imidazole rings is 1. The smallest absolute Gasteiger partial charge is 0.376 e. The van der Waals surface area contributed by atoms with Gasteiger partial charge in [0, 0.05) is 25.0 Å². The summed E-state index contributed by atoms with van der Waals surface area (Å²) in [5.74, 6) is 0. The molecule has 1 N–H and O–H groups in total. The van der Waals surface area contributed by atoms with Gasteiger partial charge in [-0.25, -0.2) is 13.4 Å². The fourth-order valence-electron chi connectivity index (χ4n) is 4.45. The topological polar surface area (TPSA) is 78.5 Å². The van der Waals surface area contributed by atoms with Crippen LogP contribution in [-0.2, 0) is 27.8 Å². The highest BCUT2D eigenvalue weighted by Crippen LogP contribution is 2.35. The van der Waals surface area contributed by atoms with E-state index in [0.29, 0.717) is 22.1 Å². The molecule has 0 spiro atoms. The van der Waals surface area contributed by atoms with Crippen LogP contribution in [0.4, 0.5) is 18.9 Å². The van der Waals surface area contributed by atoms with Gasteiger partial charge in [-0.1, -0.05) is 30.5 Å². The third kappa shape index (κ3) is 4.79. The summed E-state index contributed by atoms with van der Waals surface area (Å²) in [6, 6.07) is 4.86. The molecule has 0 unspecified atom stereocenters. The molecular formula is C21H27F3N4O3S. The molecule has 0 saturated heterocycles. The van der Waals surface area contributed by atoms with Crippen LogP contribution >= 0.6 is 0 Å². The van der Waals surface area contributed by atoms with Crippen LogP contribution in [0.5, 0.6) is 0 Å². The summed E-state index contributed by atoms with van der Waals surface area (Å²) in [6.45, 7) is 1.63. The monoisotopic (exact) mass is 472 g/mol. The molecule has 0 amide bonds. The maximum Gasteiger partial charge on any atom is 0.511 e. The molecule has 1 aliphatic carbocycles. The summed E-state index contributed by atoms with van der Waals surface area (Å²) < 4.78 is 71.9. The summed E-state index contributed by atoms with van der Waals surface area (Å²) in [5.41, 5.74) is -2.53. The van der Waals surface area contributed by atoms with E-state index >= 15 is 0 Å². The summed E-state index contributed by atoms with van der Waals surface area (Å²) in [7, 11) is -5.50. The zero-order valence-electron chi connectivity index (χ0n) is 17.8. The first kappa shape index (κ1) is 23.1. The lowest BCUT2D eigenvalue weighted by Crippen LogP contribution is -2.49. The van der Waals surface area contributed by atoms with Gasteiger partial charge >= 0.3 is 15.5 Å². The van der Waals surface area contributed by atoms with E-state index in [1.54, 1.807) is 12.3 Å². The molecule has 176 valence electrons. The van der Waals surface area contributed by atoms with Crippen molar-refractivity contribution in [3.05, 3.63) is 47.5 Å². The number of H-pyrrole nitrogens is 1. The van der Waals surface area contributed by atoms with Gasteiger partial charge in [0.15, 0.2) is 0 Å². The molecule has 7 nitrogen and oxygen atoms in total. The van der Waals surface area contributed by atoms with E-state index in [9.17, 15) is 21.6 Å². The quantitative estimate of drug-likeness (QED) is 0.694. The van der Waals surface area contributed by atoms with Crippen LogP contribution < -0.4 is 4.90 Å². The third-order valence-electron chi connectivity index (χ3n) is 6.10. The molecule has 32 heavy (non-hydrogen) atoms. The Labute approximate surface area is 185 Å². The van der Waals surface area contributed by atoms with Crippen LogP contribution in [0.1, 0.15) is 42.5 Å². The van der Waals surface area contributed by atoms with E-state index < -0.39 is 21.6 Å². The maximum absolute atomic E-state index is 13.5. The zero-order chi connectivity index (χ0) is 22.9. The normalized spacial score (nSPS) is 21.0. The summed E-state index contributed by atoms with van der Waals surface area (Å²) in [5, 5.41) is 0. The molecule has 0 radical (unpaired) electrons. The fraction of sp³-hybridized carbons (Fsp3) is 0.571. The predicted octanol–water partition coefficient (Wildman–Crippen LogP) is 3.72. The Bertz CT molecular complexity index is 1020. The first-order valence-electron chi connectivity index (χ1n) is 10.7. The Hall–Kier alpha value is -2.11. The lowest BCUT2D eigenvalue weighted by Gasteiger charge is -2.34. The molecule has 11 heteroatoms. The minimum absolute atomic E-state index is 0.0532. The van der Waals surface area contributed by atoms with Gasteiger partial charge in [0.05, 0.1) is 37.3 Å². The Morgan fingerprint density at radius 3 is 2.66 bits per heavy atom. The Morgan fingerprint density at radius 1 is 1.25 bits per heavy atom. The molecule has 1 fully saturated rings. The van der Waals surface area contributed by atoms with Crippen molar-refractivity contribution in [2.75, 3.05) is 18.1 Å². The number of halogens is 3. The van der Waals surface area contributed by atoms with Gasteiger partial charge in [-0.15, -0.1) is 0 Å². The summed E-state index contributed by atoms with van der Waals surface area (Å²) in [4.78, 5) is 8.99. The number of hydrogen-bond donors (Lipinski definition) is 1. The molecule has 2 aromatic rings. The van der Waals surface area contributed by atoms with Crippen molar-refractivity contribution < 1.29 is 26.3 Å². The number of benzene rings is 1. The summed E-state index contributed by atoms with van der Waals surface area (Å²) in [6.07, 6.45) is 7.18. The molecule has 1 atom stereocenters. The molecule has 1 saturated carbocycles. The number of nitrogens with one attached hydrogen (secondary N) is 1. The zero-order valence-corrected chi connectivity index (χ0v) is 18.6. The van der Waals surface area contributed by atoms with E-state index in [1.807, 2.05) is 24.0 Å². The maximum atomic E-state index is 13.5. The fourth-order valence-corrected chi connectivity index (χ4v) is 5.42. The molecular weight excluding hydrogens is 445 g/mol. The predicted molar refractivity (Wildman–Crippen MR) is 113 cm³/mol. The van der Waals surface area contributed by atoms with Crippen molar-refractivity contribution in [3.8, 4) is 0 Å². The van der Waals surface area contributed by atoms with Gasteiger partial charge in [-0.2, -0.15) is 17.5 Å². The highest BCUT2D eigenvalue weighted by Gasteiger charge is 2.51. The number of fused-ring (bicyclic) bond motifs is 1. The molecule has 1 aliphatic heterocycles. The average Bonchev–Trinajstić information content (AvgIpc) is 3.40. The SMILES string of the molecule is Cc1ccc2c(c1)CN(S(=O)(=O)C(F)(F)F)C[C@H](COC1CCCC1)N2Cc1cnc[nH]1. The van der Waals surface area contributed by atoms with E-state index in [-0.39, 0.29) is 25.8 Å². The van der Waals surface area contributed by atoms with Crippen molar-refractivity contribution in [2.24, 2.45) is 0 Å². The number of aromatic amines is 1. The minimum atomic E-state index is -5.50. The number of aryl methyl sites for hydroxylation is 1. The number of rotatable bonds is 6. The van der Waals surface area contributed by atoms with Gasteiger partial charge in [-0.05, 0) is 31.4 Å². The van der Waals surface area contributed by atoms with Gasteiger partial charge in [-0.3, -0.25) is 0 Å². The van der Waals surface area contributed by atoms with Crippen LogP contribution in [0.3, 0.4) is 0 Å². The molecule has 2 heterocycles. The first-order valence-corrected chi connectivity index (χ1v) is 12.1. The number of alkyl halides is 3. The summed E-state index contributed by atoms with van der Waals surface area (Å²) >= 11 is 0. The van der Waals surface area contributed by atoms with E-state index in [0.717, 1.165) is 36.9 Å². The molecule has 1 aromatic heterocycles. The van der Waals surface area contributed by atoms with Crippen molar-refractivity contribution in [3.63, 3.8) is 0 Å². The second-order valence-corrected chi connectivity index (χ2v) is 10.4. The Morgan fingerprint density at radius 2 is 2.00 bits per heavy atom. The lowest BCUT2D eigenvalue weighted by atomic mass is 10.1. The van der Waals surface area contributed by atoms with Crippen molar-refractivity contribution in [1.82, 2.24) is 14.3 Å². The molecule has 2 aliphatic rings. The number of anilines is 1. The van der Waals surface area contributed by atoms with E-state index in [2.05, 4.69) is 9.97 Å². The van der Waals surface area contributed by atoms with Crippen molar-refractivity contribution in [2.45, 2.75) is 63.4 Å². The highest BCUT2D eigenvalue weighted by molar-refractivity contribution is 7.89. The van der Waals surface area contributed by atoms with Gasteiger partial charge in [0.1, 0.15) is 0 Å². The number of aromatic nitrogens is 2. The van der Waals surface area contributed by atoms with E-state index in [1.165, 1.54) is 6.33 Å². The van der Waals surface area contributed by atoms with Crippen LogP contribution in [0.25, 0.3) is 0 Å². The van der Waals surface area contributed by atoms with Crippen molar-refractivity contribution >= 4 is 15.7 Å². The second kappa shape index (κ2) is 9.03. The van der Waals surface area contributed by atoms with Gasteiger partial charge < -0.3 is 14.6 Å². The van der Waals surface area contributed by atoms with Gasteiger partial charge in [0.2, 0.25) is 0 Å². The number of ether oxygens (including phenoxy) is 1. The second-order valence-electron chi connectivity index (χ2n) is 8.47. The van der Waals surface area contributed by atoms with Crippen molar-refractivity contribution in [1.29, 1.82) is 0 Å². The standard InChI is InChI=1S/C21H27F3N4O3S/c1-15-6-7-20-16(8-15)10-27(32(29,30)21(22,23)24)12-18(13-31-19-4-2-3-5-19)28(20)11-17-9-25-14-26-17/h6-9,14,18-19H,2-5,10-13H2,1H3,(H,25,26)/t18-/m1/s1. The van der Waals surface area contributed by atoms with E-state index in [4.69, 9.17) is 4.74 Å². The van der Waals surface area contributed by atoms with Gasteiger partial charge in [0.25, 0.3) is 0 Å². The lowest BCUT2D eigenvalue weighted by molar-refractivity contribution is -0.0495. The minimum Gasteiger partial charge on any atom is -0.376 e. The number of sulfonamides is 1. The highest BCUT2D eigenvalue weighted by atomic mass is 32.2. The molecule has 1 aromatic carbocycles. The first-order chi connectivity index (χ1) is 15.1. The number of hydrogen-bond acceptors (Lipinski definition) is 5. The average molecular weight is 473 g/mol. The van der Waals surface area contributed by atoms with Crippen LogP contribution in [-0.4, -0.2) is 53.5 Å². The Balaban J connectivity index is 1.73. The molecule has 4 rings (SSSR count). The van der Waals surface area contributed by atoms with Crippen LogP contribution in [0.2, 0.25) is 0 Å². The Kier molecular flexibility index (Phi) is 6.51. The molecule has 0 bridgehead atoms. The number of nitrogens with zero attached hydrogens (tertiary/aromatic N) is 3. The van der Waals surface area contributed by atoms with Crippen LogP contribution in [0.15, 0.2) is 30.7 Å². The third-order valence-corrected chi connectivity index (χ3v) is 7.64. The largest absolute Gasteiger partial charge is 0.511 e.